The Bertz CT molecular complexity index is 1190. The average molecular weight is 457 g/mol. The summed E-state index contributed by atoms with van der Waals surface area (Å²) in [5.74, 6) is 1.52. The Balaban J connectivity index is 1.84. The van der Waals surface area contributed by atoms with Crippen LogP contribution in [0.2, 0.25) is 5.02 Å². The maximum absolute atomic E-state index is 13.4. The van der Waals surface area contributed by atoms with E-state index in [9.17, 15) is 4.79 Å². The fraction of sp³-hybridized carbons (Fsp3) is 0.238. The number of tetrazole rings is 1. The minimum absolute atomic E-state index is 0.333. The fourth-order valence-corrected chi connectivity index (χ4v) is 3.72. The number of nitrogens with zero attached hydrogens (tertiary/aromatic N) is 4. The van der Waals surface area contributed by atoms with Crippen LogP contribution in [0.1, 0.15) is 18.5 Å². The molecular weight excluding hydrogens is 436 g/mol. The van der Waals surface area contributed by atoms with Crippen LogP contribution in [0.5, 0.6) is 17.2 Å². The van der Waals surface area contributed by atoms with Gasteiger partial charge in [0, 0.05) is 28.0 Å². The van der Waals surface area contributed by atoms with Gasteiger partial charge in [-0.3, -0.25) is 4.79 Å². The highest BCUT2D eigenvalue weighted by Gasteiger charge is 2.36. The number of halogens is 1. The lowest BCUT2D eigenvalue weighted by Gasteiger charge is -2.29. The molecule has 166 valence electrons. The summed E-state index contributed by atoms with van der Waals surface area (Å²) in [6, 6.07) is 9.61. The Kier molecular flexibility index (Phi) is 5.87. The molecule has 1 amide bonds. The Hall–Kier alpha value is -3.79. The molecule has 1 atom stereocenters. The first-order valence-corrected chi connectivity index (χ1v) is 9.97. The van der Waals surface area contributed by atoms with E-state index < -0.39 is 6.04 Å². The Morgan fingerprint density at radius 1 is 1.06 bits per heavy atom. The molecule has 3 aromatic rings. The summed E-state index contributed by atoms with van der Waals surface area (Å²) in [7, 11) is 4.61. The second-order valence-corrected chi connectivity index (χ2v) is 7.36. The van der Waals surface area contributed by atoms with Gasteiger partial charge in [0.2, 0.25) is 5.95 Å². The van der Waals surface area contributed by atoms with Crippen molar-refractivity contribution in [3.63, 3.8) is 0 Å². The van der Waals surface area contributed by atoms with E-state index in [-0.39, 0.29) is 5.91 Å². The van der Waals surface area contributed by atoms with Gasteiger partial charge in [-0.2, -0.15) is 4.68 Å². The minimum atomic E-state index is -0.691. The topological polar surface area (TPSA) is 112 Å². The third kappa shape index (κ3) is 3.80. The molecule has 2 aromatic carbocycles. The molecule has 0 radical (unpaired) electrons. The zero-order valence-corrected chi connectivity index (χ0v) is 18.6. The van der Waals surface area contributed by atoms with Crippen LogP contribution in [0.3, 0.4) is 0 Å². The van der Waals surface area contributed by atoms with Gasteiger partial charge in [0.25, 0.3) is 5.91 Å². The number of rotatable bonds is 6. The lowest BCUT2D eigenvalue weighted by Crippen LogP contribution is -2.31. The normalized spacial score (nSPS) is 15.0. The van der Waals surface area contributed by atoms with Crippen LogP contribution >= 0.6 is 11.6 Å². The number of benzene rings is 2. The number of anilines is 2. The van der Waals surface area contributed by atoms with Gasteiger partial charge in [0.15, 0.2) is 11.5 Å². The van der Waals surface area contributed by atoms with Gasteiger partial charge in [0.05, 0.1) is 26.9 Å². The van der Waals surface area contributed by atoms with Crippen molar-refractivity contribution in [2.24, 2.45) is 0 Å². The molecule has 0 aliphatic carbocycles. The molecule has 10 nitrogen and oxygen atoms in total. The van der Waals surface area contributed by atoms with Crippen molar-refractivity contribution < 1.29 is 19.0 Å². The Morgan fingerprint density at radius 3 is 2.38 bits per heavy atom. The van der Waals surface area contributed by atoms with E-state index in [0.717, 1.165) is 0 Å². The number of amides is 1. The SMILES string of the molecule is COc1cc(OC)c([C@@H]2C(C(=O)Nc3ccc(Cl)cc3)=C(C)Nc3nnnn32)cc1OC. The fourth-order valence-electron chi connectivity index (χ4n) is 3.59. The molecule has 2 heterocycles. The second-order valence-electron chi connectivity index (χ2n) is 6.92. The molecule has 0 bridgehead atoms. The molecule has 11 heteroatoms. The minimum Gasteiger partial charge on any atom is -0.496 e. The lowest BCUT2D eigenvalue weighted by molar-refractivity contribution is -0.113. The third-order valence-electron chi connectivity index (χ3n) is 5.09. The van der Waals surface area contributed by atoms with E-state index in [2.05, 4.69) is 26.2 Å². The summed E-state index contributed by atoms with van der Waals surface area (Å²) in [5, 5.41) is 18.4. The highest BCUT2D eigenvalue weighted by Crippen LogP contribution is 2.43. The second kappa shape index (κ2) is 8.75. The number of allylic oxidation sites excluding steroid dienone is 1. The summed E-state index contributed by atoms with van der Waals surface area (Å²) in [6.07, 6.45) is 0. The number of fused-ring (bicyclic) bond motifs is 1. The standard InChI is InChI=1S/C21H21ClN6O4/c1-11-18(20(29)24-13-7-5-12(22)6-8-13)19(28-21(23-11)25-26-27-28)14-9-16(31-3)17(32-4)10-15(14)30-2/h5-10,19H,1-4H3,(H,24,29)(H,23,25,27)/t19-/m1/s1. The van der Waals surface area contributed by atoms with Crippen molar-refractivity contribution in [2.75, 3.05) is 32.0 Å². The van der Waals surface area contributed by atoms with Crippen LogP contribution in [0.4, 0.5) is 11.6 Å². The molecule has 0 saturated heterocycles. The molecule has 4 rings (SSSR count). The zero-order chi connectivity index (χ0) is 22.8. The summed E-state index contributed by atoms with van der Waals surface area (Å²) < 4.78 is 18.0. The molecule has 0 saturated carbocycles. The number of methoxy groups -OCH3 is 3. The molecule has 2 N–H and O–H groups in total. The van der Waals surface area contributed by atoms with Gasteiger partial charge in [-0.25, -0.2) is 0 Å². The van der Waals surface area contributed by atoms with E-state index in [1.807, 2.05) is 0 Å². The van der Waals surface area contributed by atoms with E-state index in [0.29, 0.717) is 50.7 Å². The summed E-state index contributed by atoms with van der Waals surface area (Å²) in [5.41, 5.74) is 2.23. The van der Waals surface area contributed by atoms with Gasteiger partial charge >= 0.3 is 0 Å². The number of aromatic nitrogens is 4. The van der Waals surface area contributed by atoms with Gasteiger partial charge in [-0.15, -0.1) is 0 Å². The third-order valence-corrected chi connectivity index (χ3v) is 5.34. The molecular formula is C21H21ClN6O4. The van der Waals surface area contributed by atoms with E-state index in [1.165, 1.54) is 26.0 Å². The van der Waals surface area contributed by atoms with Crippen molar-refractivity contribution in [1.82, 2.24) is 20.2 Å². The van der Waals surface area contributed by atoms with E-state index in [4.69, 9.17) is 25.8 Å². The molecule has 1 aromatic heterocycles. The Morgan fingerprint density at radius 2 is 1.72 bits per heavy atom. The highest BCUT2D eigenvalue weighted by atomic mass is 35.5. The van der Waals surface area contributed by atoms with Crippen LogP contribution in [0, 0.1) is 0 Å². The lowest BCUT2D eigenvalue weighted by atomic mass is 9.93. The Labute approximate surface area is 189 Å². The maximum atomic E-state index is 13.4. The number of hydrogen-bond acceptors (Lipinski definition) is 8. The predicted molar refractivity (Wildman–Crippen MR) is 118 cm³/mol. The van der Waals surface area contributed by atoms with Crippen molar-refractivity contribution in [2.45, 2.75) is 13.0 Å². The average Bonchev–Trinajstić information content (AvgIpc) is 3.26. The van der Waals surface area contributed by atoms with Crippen LogP contribution in [0.25, 0.3) is 0 Å². The molecule has 1 aliphatic rings. The largest absolute Gasteiger partial charge is 0.496 e. The monoisotopic (exact) mass is 456 g/mol. The molecule has 0 unspecified atom stereocenters. The van der Waals surface area contributed by atoms with Crippen molar-refractivity contribution in [1.29, 1.82) is 0 Å². The van der Waals surface area contributed by atoms with Crippen LogP contribution in [-0.4, -0.2) is 47.4 Å². The van der Waals surface area contributed by atoms with Gasteiger partial charge < -0.3 is 24.8 Å². The number of carbonyl (C=O) groups excluding carboxylic acids is 1. The smallest absolute Gasteiger partial charge is 0.255 e. The predicted octanol–water partition coefficient (Wildman–Crippen LogP) is 3.28. The van der Waals surface area contributed by atoms with Crippen LogP contribution in [-0.2, 0) is 4.79 Å². The van der Waals surface area contributed by atoms with Crippen LogP contribution < -0.4 is 24.8 Å². The summed E-state index contributed by atoms with van der Waals surface area (Å²) >= 11 is 5.96. The van der Waals surface area contributed by atoms with Crippen molar-refractivity contribution >= 4 is 29.1 Å². The van der Waals surface area contributed by atoms with Crippen molar-refractivity contribution in [3.05, 3.63) is 58.3 Å². The number of nitrogens with one attached hydrogen (secondary N) is 2. The van der Waals surface area contributed by atoms with Gasteiger partial charge in [0.1, 0.15) is 11.8 Å². The maximum Gasteiger partial charge on any atom is 0.255 e. The zero-order valence-electron chi connectivity index (χ0n) is 17.8. The number of carbonyl (C=O) groups is 1. The molecule has 1 aliphatic heterocycles. The number of hydrogen-bond donors (Lipinski definition) is 2. The number of ether oxygens (including phenoxy) is 3. The molecule has 0 fully saturated rings. The highest BCUT2D eigenvalue weighted by molar-refractivity contribution is 6.30. The quantitative estimate of drug-likeness (QED) is 0.581. The summed E-state index contributed by atoms with van der Waals surface area (Å²) in [4.78, 5) is 13.4. The van der Waals surface area contributed by atoms with Crippen molar-refractivity contribution in [3.8, 4) is 17.2 Å². The first kappa shape index (κ1) is 21.4. The van der Waals surface area contributed by atoms with E-state index >= 15 is 0 Å². The van der Waals surface area contributed by atoms with Gasteiger partial charge in [-0.05, 0) is 47.7 Å². The molecule has 0 spiro atoms. The van der Waals surface area contributed by atoms with Crippen LogP contribution in [0.15, 0.2) is 47.7 Å². The first-order chi connectivity index (χ1) is 15.5. The van der Waals surface area contributed by atoms with E-state index in [1.54, 1.807) is 43.3 Å². The first-order valence-electron chi connectivity index (χ1n) is 9.59. The summed E-state index contributed by atoms with van der Waals surface area (Å²) in [6.45, 7) is 1.79. The van der Waals surface area contributed by atoms with Gasteiger partial charge in [-0.1, -0.05) is 16.7 Å². The molecule has 32 heavy (non-hydrogen) atoms.